The van der Waals surface area contributed by atoms with Gasteiger partial charge in [-0.3, -0.25) is 4.99 Å². The fourth-order valence-electron chi connectivity index (χ4n) is 5.46. The van der Waals surface area contributed by atoms with Gasteiger partial charge in [0.1, 0.15) is 12.4 Å². The van der Waals surface area contributed by atoms with Crippen molar-refractivity contribution in [2.45, 2.75) is 31.9 Å². The predicted octanol–water partition coefficient (Wildman–Crippen LogP) is 9.46. The summed E-state index contributed by atoms with van der Waals surface area (Å²) in [4.78, 5) is 4.68. The quantitative estimate of drug-likeness (QED) is 0.196. The Labute approximate surface area is 233 Å². The molecule has 3 atom stereocenters. The molecule has 0 unspecified atom stereocenters. The molecular formula is C33H28Cl2N2O. The van der Waals surface area contributed by atoms with Crippen molar-refractivity contribution in [2.24, 2.45) is 10.9 Å². The summed E-state index contributed by atoms with van der Waals surface area (Å²) in [6.07, 6.45) is 7.64. The number of ether oxygens (including phenoxy) is 1. The van der Waals surface area contributed by atoms with E-state index in [-0.39, 0.29) is 6.04 Å². The zero-order valence-corrected chi connectivity index (χ0v) is 22.6. The third kappa shape index (κ3) is 5.22. The Morgan fingerprint density at radius 2 is 1.84 bits per heavy atom. The van der Waals surface area contributed by atoms with Gasteiger partial charge in [-0.05, 0) is 90.0 Å². The van der Waals surface area contributed by atoms with Gasteiger partial charge < -0.3 is 10.1 Å². The highest BCUT2D eigenvalue weighted by Gasteiger charge is 2.37. The van der Waals surface area contributed by atoms with Crippen LogP contribution in [-0.4, -0.2) is 6.21 Å². The molecular weight excluding hydrogens is 511 g/mol. The lowest BCUT2D eigenvalue weighted by Gasteiger charge is -2.37. The van der Waals surface area contributed by atoms with Crippen LogP contribution in [0.4, 0.5) is 11.4 Å². The molecule has 38 heavy (non-hydrogen) atoms. The van der Waals surface area contributed by atoms with Crippen LogP contribution in [0.2, 0.25) is 10.0 Å². The van der Waals surface area contributed by atoms with Gasteiger partial charge in [0, 0.05) is 22.8 Å². The number of nitrogens with zero attached hydrogens (tertiary/aromatic N) is 1. The second kappa shape index (κ2) is 10.7. The first-order valence-corrected chi connectivity index (χ1v) is 13.6. The Kier molecular flexibility index (Phi) is 6.97. The van der Waals surface area contributed by atoms with Crippen molar-refractivity contribution >= 4 is 40.8 Å². The molecule has 0 bridgehead atoms. The number of allylic oxidation sites excluding steroid dienone is 2. The van der Waals surface area contributed by atoms with E-state index in [2.05, 4.69) is 71.8 Å². The Morgan fingerprint density at radius 1 is 0.974 bits per heavy atom. The monoisotopic (exact) mass is 538 g/mol. The topological polar surface area (TPSA) is 33.6 Å². The molecule has 0 spiro atoms. The summed E-state index contributed by atoms with van der Waals surface area (Å²) in [6.45, 7) is 2.57. The third-order valence-corrected chi connectivity index (χ3v) is 7.90. The highest BCUT2D eigenvalue weighted by Crippen LogP contribution is 2.50. The Balaban J connectivity index is 1.13. The standard InChI is InChI=1S/C33H28Cl2N2O/c1-21-8-14-31-29(16-21)27-6-3-7-28(27)33(37-31)24-10-12-26(13-11-24)36-19-22-9-15-32(30(35)18-22)38-20-23-4-2-5-25(34)17-23/h2-6,8-19,27-28,33,37H,7,20H2,1H3/t27-,28-,33-/m1/s1. The van der Waals surface area contributed by atoms with E-state index in [9.17, 15) is 0 Å². The first-order valence-electron chi connectivity index (χ1n) is 12.9. The second-order valence-electron chi connectivity index (χ2n) is 10.0. The van der Waals surface area contributed by atoms with Gasteiger partial charge in [-0.15, -0.1) is 0 Å². The number of hydrogen-bond donors (Lipinski definition) is 1. The van der Waals surface area contributed by atoms with E-state index in [4.69, 9.17) is 27.9 Å². The van der Waals surface area contributed by atoms with Crippen molar-refractivity contribution in [2.75, 3.05) is 5.32 Å². The minimum atomic E-state index is 0.279. The summed E-state index contributed by atoms with van der Waals surface area (Å²) in [5, 5.41) is 5.05. The molecule has 0 aromatic heterocycles. The maximum atomic E-state index is 6.48. The Bertz CT molecular complexity index is 1530. The van der Waals surface area contributed by atoms with Crippen LogP contribution in [0, 0.1) is 12.8 Å². The largest absolute Gasteiger partial charge is 0.487 e. The number of nitrogens with one attached hydrogen (secondary N) is 1. The number of hydrogen-bond acceptors (Lipinski definition) is 3. The lowest BCUT2D eigenvalue weighted by atomic mass is 9.76. The van der Waals surface area contributed by atoms with Crippen molar-refractivity contribution in [3.05, 3.63) is 135 Å². The van der Waals surface area contributed by atoms with Crippen LogP contribution >= 0.6 is 23.2 Å². The molecule has 0 saturated heterocycles. The number of rotatable bonds is 6. The number of aliphatic imine (C=N–C) groups is 1. The molecule has 1 heterocycles. The summed E-state index contributed by atoms with van der Waals surface area (Å²) < 4.78 is 5.88. The zero-order valence-electron chi connectivity index (χ0n) is 21.1. The Hall–Kier alpha value is -3.53. The van der Waals surface area contributed by atoms with Crippen LogP contribution in [0.15, 0.2) is 102 Å². The predicted molar refractivity (Wildman–Crippen MR) is 158 cm³/mol. The molecule has 4 aromatic rings. The number of aryl methyl sites for hydroxylation is 1. The summed E-state index contributed by atoms with van der Waals surface area (Å²) >= 11 is 12.5. The molecule has 3 nitrogen and oxygen atoms in total. The van der Waals surface area contributed by atoms with Gasteiger partial charge in [0.2, 0.25) is 0 Å². The van der Waals surface area contributed by atoms with Crippen molar-refractivity contribution in [1.29, 1.82) is 0 Å². The minimum Gasteiger partial charge on any atom is -0.487 e. The van der Waals surface area contributed by atoms with Gasteiger partial charge in [-0.25, -0.2) is 0 Å². The molecule has 0 amide bonds. The number of halogens is 2. The van der Waals surface area contributed by atoms with Crippen molar-refractivity contribution in [1.82, 2.24) is 0 Å². The van der Waals surface area contributed by atoms with Gasteiger partial charge >= 0.3 is 0 Å². The highest BCUT2D eigenvalue weighted by molar-refractivity contribution is 6.32. The lowest BCUT2D eigenvalue weighted by Crippen LogP contribution is -2.29. The maximum absolute atomic E-state index is 6.48. The molecule has 0 radical (unpaired) electrons. The summed E-state index contributed by atoms with van der Waals surface area (Å²) in [6, 6.07) is 28.9. The van der Waals surface area contributed by atoms with Crippen molar-refractivity contribution in [3.63, 3.8) is 0 Å². The van der Waals surface area contributed by atoms with Crippen LogP contribution in [0.1, 0.15) is 46.2 Å². The second-order valence-corrected chi connectivity index (χ2v) is 10.9. The van der Waals surface area contributed by atoms with Crippen LogP contribution in [0.25, 0.3) is 0 Å². The van der Waals surface area contributed by atoms with Gasteiger partial charge in [0.15, 0.2) is 0 Å². The summed E-state index contributed by atoms with van der Waals surface area (Å²) in [7, 11) is 0. The lowest BCUT2D eigenvalue weighted by molar-refractivity contribution is 0.306. The van der Waals surface area contributed by atoms with Gasteiger partial charge in [0.25, 0.3) is 0 Å². The normalized spacial score (nSPS) is 19.7. The minimum absolute atomic E-state index is 0.279. The van der Waals surface area contributed by atoms with E-state index >= 15 is 0 Å². The molecule has 0 saturated carbocycles. The molecule has 190 valence electrons. The van der Waals surface area contributed by atoms with Gasteiger partial charge in [-0.2, -0.15) is 0 Å². The molecule has 1 aliphatic carbocycles. The molecule has 4 aromatic carbocycles. The smallest absolute Gasteiger partial charge is 0.138 e. The first-order chi connectivity index (χ1) is 18.5. The van der Waals surface area contributed by atoms with E-state index < -0.39 is 0 Å². The molecule has 1 N–H and O–H groups in total. The summed E-state index contributed by atoms with van der Waals surface area (Å²) in [5.74, 6) is 1.63. The maximum Gasteiger partial charge on any atom is 0.138 e. The van der Waals surface area contributed by atoms with E-state index in [0.717, 1.165) is 23.2 Å². The number of benzene rings is 4. The van der Waals surface area contributed by atoms with E-state index in [1.165, 1.54) is 22.4 Å². The number of fused-ring (bicyclic) bond motifs is 3. The third-order valence-electron chi connectivity index (χ3n) is 7.37. The molecule has 5 heteroatoms. The van der Waals surface area contributed by atoms with Gasteiger partial charge in [-0.1, -0.05) is 77.3 Å². The van der Waals surface area contributed by atoms with Crippen molar-refractivity contribution in [3.8, 4) is 5.75 Å². The van der Waals surface area contributed by atoms with E-state index in [1.807, 2.05) is 48.7 Å². The van der Waals surface area contributed by atoms with Gasteiger partial charge in [0.05, 0.1) is 16.8 Å². The average molecular weight is 540 g/mol. The first kappa shape index (κ1) is 24.8. The zero-order chi connectivity index (χ0) is 26.1. The average Bonchev–Trinajstić information content (AvgIpc) is 3.42. The fourth-order valence-corrected chi connectivity index (χ4v) is 5.92. The molecule has 1 aliphatic heterocycles. The van der Waals surface area contributed by atoms with Crippen LogP contribution in [0.3, 0.4) is 0 Å². The molecule has 6 rings (SSSR count). The van der Waals surface area contributed by atoms with Crippen LogP contribution < -0.4 is 10.1 Å². The van der Waals surface area contributed by atoms with E-state index in [1.54, 1.807) is 0 Å². The van der Waals surface area contributed by atoms with Crippen LogP contribution in [-0.2, 0) is 6.61 Å². The summed E-state index contributed by atoms with van der Waals surface area (Å²) in [5.41, 5.74) is 8.07. The molecule has 0 fully saturated rings. The van der Waals surface area contributed by atoms with Crippen LogP contribution in [0.5, 0.6) is 5.75 Å². The SMILES string of the molecule is Cc1ccc2c(c1)[C@@H]1C=CC[C@H]1[C@@H](c1ccc(N=Cc3ccc(OCc4cccc(Cl)c4)c(Cl)c3)cc1)N2. The Morgan fingerprint density at radius 3 is 2.66 bits per heavy atom. The fraction of sp³-hybridized carbons (Fsp3) is 0.182. The van der Waals surface area contributed by atoms with E-state index in [0.29, 0.717) is 34.2 Å². The van der Waals surface area contributed by atoms with Crippen molar-refractivity contribution < 1.29 is 4.74 Å². The number of anilines is 1. The highest BCUT2D eigenvalue weighted by atomic mass is 35.5. The molecule has 2 aliphatic rings.